The third-order valence-corrected chi connectivity index (χ3v) is 4.59. The van der Waals surface area contributed by atoms with Gasteiger partial charge in [-0.1, -0.05) is 26.7 Å². The minimum Gasteiger partial charge on any atom is -0.480 e. The molecule has 5 atom stereocenters. The lowest BCUT2D eigenvalue weighted by Crippen LogP contribution is -2.56. The average Bonchev–Trinajstić information content (AvgIpc) is 2.66. The Hall–Kier alpha value is -2.24. The van der Waals surface area contributed by atoms with E-state index in [4.69, 9.17) is 16.6 Å². The number of rotatable bonds is 14. The van der Waals surface area contributed by atoms with Crippen molar-refractivity contribution in [2.45, 2.75) is 70.7 Å². The van der Waals surface area contributed by atoms with Crippen molar-refractivity contribution in [1.29, 1.82) is 0 Å². The van der Waals surface area contributed by atoms with E-state index < -0.39 is 54.5 Å². The van der Waals surface area contributed by atoms with Gasteiger partial charge in [0.1, 0.15) is 6.04 Å². The fourth-order valence-corrected chi connectivity index (χ4v) is 2.49. The molecule has 0 aliphatic carbocycles. The highest BCUT2D eigenvalue weighted by Crippen LogP contribution is 2.09. The summed E-state index contributed by atoms with van der Waals surface area (Å²) < 4.78 is 0. The van der Waals surface area contributed by atoms with Gasteiger partial charge in [-0.15, -0.1) is 0 Å². The minimum absolute atomic E-state index is 0.220. The zero-order chi connectivity index (χ0) is 22.6. The summed E-state index contributed by atoms with van der Waals surface area (Å²) in [5.41, 5.74) is 11.3. The van der Waals surface area contributed by atoms with Crippen LogP contribution in [0.2, 0.25) is 0 Å². The zero-order valence-electron chi connectivity index (χ0n) is 17.3. The minimum atomic E-state index is -1.49. The molecule has 0 aromatic rings. The molecule has 9 N–H and O–H groups in total. The maximum Gasteiger partial charge on any atom is 0.328 e. The molecule has 11 nitrogen and oxygen atoms in total. The average molecular weight is 418 g/mol. The van der Waals surface area contributed by atoms with Crippen molar-refractivity contribution in [3.63, 3.8) is 0 Å². The highest BCUT2D eigenvalue weighted by Gasteiger charge is 2.29. The van der Waals surface area contributed by atoms with Crippen molar-refractivity contribution in [2.24, 2.45) is 17.4 Å². The molecule has 0 saturated carbocycles. The molecule has 0 aliphatic rings. The number of aliphatic carboxylic acids is 1. The molecule has 0 aromatic heterocycles. The maximum absolute atomic E-state index is 12.5. The Labute approximate surface area is 171 Å². The van der Waals surface area contributed by atoms with Crippen molar-refractivity contribution in [3.05, 3.63) is 0 Å². The topological polar surface area (TPSA) is 197 Å². The van der Waals surface area contributed by atoms with Crippen LogP contribution in [-0.4, -0.2) is 71.2 Å². The number of carboxylic acid groups (broad SMARTS) is 1. The number of unbranched alkanes of at least 4 members (excludes halogenated alkanes) is 1. The first kappa shape index (κ1) is 26.8. The first-order chi connectivity index (χ1) is 13.5. The fraction of sp³-hybridized carbons (Fsp3) is 0.778. The Morgan fingerprint density at radius 3 is 2.10 bits per heavy atom. The van der Waals surface area contributed by atoms with E-state index in [2.05, 4.69) is 16.0 Å². The van der Waals surface area contributed by atoms with Crippen LogP contribution in [-0.2, 0) is 19.2 Å². The number of aliphatic hydroxyl groups is 1. The number of hydrogen-bond donors (Lipinski definition) is 7. The van der Waals surface area contributed by atoms with Crippen molar-refractivity contribution < 1.29 is 29.4 Å². The van der Waals surface area contributed by atoms with Crippen LogP contribution in [0.25, 0.3) is 0 Å². The normalized spacial score (nSPS) is 16.1. The second-order valence-electron chi connectivity index (χ2n) is 7.10. The molecule has 0 heterocycles. The molecular formula is C18H35N5O6. The summed E-state index contributed by atoms with van der Waals surface area (Å²) >= 11 is 0. The molecule has 29 heavy (non-hydrogen) atoms. The highest BCUT2D eigenvalue weighted by molar-refractivity contribution is 5.92. The van der Waals surface area contributed by atoms with E-state index in [9.17, 15) is 24.3 Å². The molecule has 0 saturated heterocycles. The van der Waals surface area contributed by atoms with E-state index in [1.165, 1.54) is 6.92 Å². The Kier molecular flexibility index (Phi) is 12.8. The molecule has 0 rings (SSSR count). The second-order valence-corrected chi connectivity index (χ2v) is 7.10. The Bertz CT molecular complexity index is 557. The van der Waals surface area contributed by atoms with Crippen molar-refractivity contribution in [3.8, 4) is 0 Å². The number of carbonyl (C=O) groups excluding carboxylic acids is 3. The van der Waals surface area contributed by atoms with Crippen LogP contribution in [0, 0.1) is 5.92 Å². The predicted molar refractivity (Wildman–Crippen MR) is 107 cm³/mol. The van der Waals surface area contributed by atoms with Gasteiger partial charge >= 0.3 is 5.97 Å². The van der Waals surface area contributed by atoms with Gasteiger partial charge in [0, 0.05) is 0 Å². The summed E-state index contributed by atoms with van der Waals surface area (Å²) in [5.74, 6) is -3.44. The number of hydrogen-bond acceptors (Lipinski definition) is 7. The van der Waals surface area contributed by atoms with Gasteiger partial charge in [0.25, 0.3) is 0 Å². The summed E-state index contributed by atoms with van der Waals surface area (Å²) in [5, 5.41) is 25.5. The van der Waals surface area contributed by atoms with Crippen molar-refractivity contribution >= 4 is 23.7 Å². The smallest absolute Gasteiger partial charge is 0.328 e. The molecule has 0 unspecified atom stereocenters. The molecule has 3 amide bonds. The maximum atomic E-state index is 12.5. The van der Waals surface area contributed by atoms with Crippen LogP contribution in [0.3, 0.4) is 0 Å². The summed E-state index contributed by atoms with van der Waals surface area (Å²) in [6, 6.07) is -3.16. The van der Waals surface area contributed by atoms with E-state index >= 15 is 0 Å². The third-order valence-electron chi connectivity index (χ3n) is 4.59. The molecule has 0 spiro atoms. The van der Waals surface area contributed by atoms with Crippen LogP contribution in [0.4, 0.5) is 0 Å². The SMILES string of the molecule is CC[C@H](C)[C@H](NC(=O)[C@@H](N)CCCCN)C(=O)NCC(=O)N[C@H](C(=O)O)[C@@H](C)O. The van der Waals surface area contributed by atoms with E-state index in [0.29, 0.717) is 25.8 Å². The van der Waals surface area contributed by atoms with Gasteiger partial charge in [-0.05, 0) is 32.2 Å². The standard InChI is InChI=1S/C18H35N5O6/c1-4-10(2)14(23-16(26)12(20)7-5-6-8-19)17(27)21-9-13(25)22-15(11(3)24)18(28)29/h10-12,14-15,24H,4-9,19-20H2,1-3H3,(H,21,27)(H,22,25)(H,23,26)(H,28,29)/t10-,11+,12-,14-,15-/m0/s1. The van der Waals surface area contributed by atoms with E-state index in [1.807, 2.05) is 6.92 Å². The molecule has 0 radical (unpaired) electrons. The number of amides is 3. The largest absolute Gasteiger partial charge is 0.480 e. The highest BCUT2D eigenvalue weighted by atomic mass is 16.4. The Morgan fingerprint density at radius 2 is 1.62 bits per heavy atom. The van der Waals surface area contributed by atoms with Crippen LogP contribution >= 0.6 is 0 Å². The van der Waals surface area contributed by atoms with Crippen molar-refractivity contribution in [2.75, 3.05) is 13.1 Å². The molecule has 0 aliphatic heterocycles. The first-order valence-electron chi connectivity index (χ1n) is 9.79. The molecule has 11 heteroatoms. The lowest BCUT2D eigenvalue weighted by molar-refractivity contribution is -0.144. The van der Waals surface area contributed by atoms with Gasteiger partial charge in [0.05, 0.1) is 18.7 Å². The van der Waals surface area contributed by atoms with Gasteiger partial charge < -0.3 is 37.6 Å². The fourth-order valence-electron chi connectivity index (χ4n) is 2.49. The number of nitrogens with two attached hydrogens (primary N) is 2. The predicted octanol–water partition coefficient (Wildman–Crippen LogP) is -1.96. The Balaban J connectivity index is 4.82. The number of carbonyl (C=O) groups is 4. The first-order valence-corrected chi connectivity index (χ1v) is 9.79. The molecular weight excluding hydrogens is 382 g/mol. The van der Waals surface area contributed by atoms with Crippen molar-refractivity contribution in [1.82, 2.24) is 16.0 Å². The lowest BCUT2D eigenvalue weighted by atomic mass is 9.97. The van der Waals surface area contributed by atoms with Gasteiger partial charge in [0.15, 0.2) is 6.04 Å². The number of nitrogens with one attached hydrogen (secondary N) is 3. The summed E-state index contributed by atoms with van der Waals surface area (Å²) in [7, 11) is 0. The van der Waals surface area contributed by atoms with Crippen LogP contribution in [0.15, 0.2) is 0 Å². The number of carboxylic acids is 1. The molecule has 0 aromatic carbocycles. The van der Waals surface area contributed by atoms with E-state index in [-0.39, 0.29) is 5.92 Å². The Morgan fingerprint density at radius 1 is 1.00 bits per heavy atom. The monoisotopic (exact) mass is 417 g/mol. The van der Waals surface area contributed by atoms with Gasteiger partial charge in [-0.2, -0.15) is 0 Å². The summed E-state index contributed by atoms with van der Waals surface area (Å²) in [6.45, 7) is 4.86. The number of aliphatic hydroxyl groups excluding tert-OH is 1. The summed E-state index contributed by atoms with van der Waals surface area (Å²) in [4.78, 5) is 47.7. The van der Waals surface area contributed by atoms with Crippen LogP contribution in [0.5, 0.6) is 0 Å². The van der Waals surface area contributed by atoms with Crippen LogP contribution < -0.4 is 27.4 Å². The van der Waals surface area contributed by atoms with Gasteiger partial charge in [0.2, 0.25) is 17.7 Å². The van der Waals surface area contributed by atoms with E-state index in [1.54, 1.807) is 6.92 Å². The zero-order valence-corrected chi connectivity index (χ0v) is 17.3. The second kappa shape index (κ2) is 13.9. The molecule has 0 bridgehead atoms. The van der Waals surface area contributed by atoms with Crippen LogP contribution in [0.1, 0.15) is 46.5 Å². The molecule has 0 fully saturated rings. The van der Waals surface area contributed by atoms with Gasteiger partial charge in [-0.3, -0.25) is 14.4 Å². The quantitative estimate of drug-likeness (QED) is 0.158. The summed E-state index contributed by atoms with van der Waals surface area (Å²) in [6.07, 6.45) is 1.17. The van der Waals surface area contributed by atoms with E-state index in [0.717, 1.165) is 6.42 Å². The lowest BCUT2D eigenvalue weighted by Gasteiger charge is -2.25. The third kappa shape index (κ3) is 10.2. The molecule has 168 valence electrons. The van der Waals surface area contributed by atoms with Gasteiger partial charge in [-0.25, -0.2) is 4.79 Å².